The van der Waals surface area contributed by atoms with E-state index in [2.05, 4.69) is 19.1 Å². The second-order valence-electron chi connectivity index (χ2n) is 5.47. The molecule has 0 amide bonds. The summed E-state index contributed by atoms with van der Waals surface area (Å²) < 4.78 is 0. The molecule has 126 valence electrons. The van der Waals surface area contributed by atoms with Crippen LogP contribution in [0.5, 0.6) is 0 Å². The van der Waals surface area contributed by atoms with Gasteiger partial charge in [-0.2, -0.15) is 0 Å². The summed E-state index contributed by atoms with van der Waals surface area (Å²) in [5, 5.41) is 16.1. The lowest BCUT2D eigenvalue weighted by molar-refractivity contribution is -0.134. The normalized spacial score (nSPS) is 10.4. The summed E-state index contributed by atoms with van der Waals surface area (Å²) in [6, 6.07) is 0. The Labute approximate surface area is 131 Å². The predicted molar refractivity (Wildman–Crippen MR) is 90.6 cm³/mol. The zero-order valence-corrected chi connectivity index (χ0v) is 14.1. The van der Waals surface area contributed by atoms with Crippen molar-refractivity contribution >= 4 is 5.97 Å². The van der Waals surface area contributed by atoms with Crippen LogP contribution in [0.3, 0.4) is 0 Å². The van der Waals surface area contributed by atoms with Crippen LogP contribution in [0.2, 0.25) is 0 Å². The van der Waals surface area contributed by atoms with Gasteiger partial charge in [-0.05, 0) is 25.7 Å². The van der Waals surface area contributed by atoms with Crippen molar-refractivity contribution in [2.45, 2.75) is 90.9 Å². The summed E-state index contributed by atoms with van der Waals surface area (Å²) in [6.07, 6.45) is 20.3. The molecule has 0 heterocycles. The first-order valence-electron chi connectivity index (χ1n) is 8.60. The number of hydrogen-bond acceptors (Lipinski definition) is 2. The van der Waals surface area contributed by atoms with Crippen LogP contribution in [0.15, 0.2) is 12.2 Å². The van der Waals surface area contributed by atoms with E-state index in [0.29, 0.717) is 6.61 Å². The fourth-order valence-corrected chi connectivity index (χ4v) is 2.01. The molecule has 0 aliphatic rings. The van der Waals surface area contributed by atoms with Gasteiger partial charge in [0, 0.05) is 13.5 Å². The van der Waals surface area contributed by atoms with E-state index in [1.54, 1.807) is 0 Å². The van der Waals surface area contributed by atoms with Crippen LogP contribution >= 0.6 is 0 Å². The van der Waals surface area contributed by atoms with E-state index in [-0.39, 0.29) is 0 Å². The summed E-state index contributed by atoms with van der Waals surface area (Å²) in [6.45, 7) is 3.68. The molecule has 0 rings (SSSR count). The molecule has 0 aromatic heterocycles. The fourth-order valence-electron chi connectivity index (χ4n) is 2.01. The molecule has 3 nitrogen and oxygen atoms in total. The number of allylic oxidation sites excluding steroid dienone is 2. The molecule has 0 radical (unpaired) electrons. The predicted octanol–water partition coefficient (Wildman–Crippen LogP) is 5.33. The van der Waals surface area contributed by atoms with Gasteiger partial charge in [0.2, 0.25) is 0 Å². The van der Waals surface area contributed by atoms with Crippen LogP contribution < -0.4 is 0 Å². The number of carboxylic acids is 1. The van der Waals surface area contributed by atoms with Crippen molar-refractivity contribution in [2.75, 3.05) is 6.61 Å². The molecular weight excluding hydrogens is 264 g/mol. The topological polar surface area (TPSA) is 57.5 Å². The molecular formula is C18H36O3. The molecule has 0 aliphatic carbocycles. The highest BCUT2D eigenvalue weighted by Crippen LogP contribution is 2.10. The van der Waals surface area contributed by atoms with Gasteiger partial charge in [-0.1, -0.05) is 70.4 Å². The maximum Gasteiger partial charge on any atom is 0.300 e. The summed E-state index contributed by atoms with van der Waals surface area (Å²) in [5.74, 6) is -0.833. The van der Waals surface area contributed by atoms with Crippen LogP contribution in [0, 0.1) is 0 Å². The Morgan fingerprint density at radius 2 is 1.19 bits per heavy atom. The van der Waals surface area contributed by atoms with Gasteiger partial charge >= 0.3 is 0 Å². The van der Waals surface area contributed by atoms with Crippen molar-refractivity contribution in [3.8, 4) is 0 Å². The molecule has 0 fully saturated rings. The third-order valence-electron chi connectivity index (χ3n) is 3.15. The molecule has 0 atom stereocenters. The number of hydrogen-bond donors (Lipinski definition) is 2. The summed E-state index contributed by atoms with van der Waals surface area (Å²) in [4.78, 5) is 9.00. The van der Waals surface area contributed by atoms with Crippen LogP contribution in [-0.2, 0) is 4.79 Å². The maximum atomic E-state index is 9.00. The minimum Gasteiger partial charge on any atom is -0.481 e. The van der Waals surface area contributed by atoms with Gasteiger partial charge in [-0.25, -0.2) is 0 Å². The minimum absolute atomic E-state index is 0.367. The fraction of sp³-hybridized carbons (Fsp3) is 0.833. The van der Waals surface area contributed by atoms with E-state index in [4.69, 9.17) is 15.0 Å². The Hall–Kier alpha value is -0.830. The standard InChI is InChI=1S/C16H32O.C2H4O2/c1-2-3-4-5-6-7-8-9-10-11-12-13-14-15-16-17;1-2(3)4/h4-5,17H,2-3,6-16H2,1H3;1H3,(H,3,4). The SMILES string of the molecule is CC(=O)O.CCCC=CCCCCCCCCCCCO. The number of aliphatic hydroxyl groups is 1. The monoisotopic (exact) mass is 300 g/mol. The highest BCUT2D eigenvalue weighted by molar-refractivity contribution is 5.62. The number of carboxylic acid groups (broad SMARTS) is 1. The van der Waals surface area contributed by atoms with E-state index >= 15 is 0 Å². The van der Waals surface area contributed by atoms with Crippen molar-refractivity contribution in [1.29, 1.82) is 0 Å². The first-order chi connectivity index (χ1) is 10.1. The number of aliphatic hydroxyl groups excluding tert-OH is 1. The van der Waals surface area contributed by atoms with E-state index in [0.717, 1.165) is 13.3 Å². The first kappa shape index (κ1) is 22.5. The van der Waals surface area contributed by atoms with Crippen LogP contribution in [0.4, 0.5) is 0 Å². The van der Waals surface area contributed by atoms with Crippen molar-refractivity contribution in [1.82, 2.24) is 0 Å². The molecule has 0 aromatic carbocycles. The molecule has 0 aliphatic heterocycles. The maximum absolute atomic E-state index is 9.00. The Morgan fingerprint density at radius 3 is 1.62 bits per heavy atom. The van der Waals surface area contributed by atoms with Crippen LogP contribution in [0.1, 0.15) is 90.9 Å². The number of aliphatic carboxylic acids is 1. The summed E-state index contributed by atoms with van der Waals surface area (Å²) in [7, 11) is 0. The smallest absolute Gasteiger partial charge is 0.300 e. The van der Waals surface area contributed by atoms with Crippen molar-refractivity contribution < 1.29 is 15.0 Å². The third kappa shape index (κ3) is 32.6. The van der Waals surface area contributed by atoms with E-state index < -0.39 is 5.97 Å². The Balaban J connectivity index is 0. The van der Waals surface area contributed by atoms with Crippen molar-refractivity contribution in [3.05, 3.63) is 12.2 Å². The van der Waals surface area contributed by atoms with Crippen molar-refractivity contribution in [2.24, 2.45) is 0 Å². The zero-order valence-electron chi connectivity index (χ0n) is 14.1. The Kier molecular flexibility index (Phi) is 23.0. The molecule has 21 heavy (non-hydrogen) atoms. The highest BCUT2D eigenvalue weighted by Gasteiger charge is 1.91. The third-order valence-corrected chi connectivity index (χ3v) is 3.15. The highest BCUT2D eigenvalue weighted by atomic mass is 16.4. The van der Waals surface area contributed by atoms with Gasteiger partial charge in [-0.15, -0.1) is 0 Å². The lowest BCUT2D eigenvalue weighted by Crippen LogP contribution is -1.84. The second kappa shape index (κ2) is 21.5. The van der Waals surface area contributed by atoms with Gasteiger partial charge in [0.1, 0.15) is 0 Å². The largest absolute Gasteiger partial charge is 0.481 e. The second-order valence-corrected chi connectivity index (χ2v) is 5.47. The van der Waals surface area contributed by atoms with Crippen LogP contribution in [0.25, 0.3) is 0 Å². The van der Waals surface area contributed by atoms with Gasteiger partial charge in [-0.3, -0.25) is 4.79 Å². The first-order valence-corrected chi connectivity index (χ1v) is 8.60. The number of unbranched alkanes of at least 4 members (excludes halogenated alkanes) is 10. The summed E-state index contributed by atoms with van der Waals surface area (Å²) in [5.41, 5.74) is 0. The van der Waals surface area contributed by atoms with E-state index in [1.807, 2.05) is 0 Å². The molecule has 3 heteroatoms. The lowest BCUT2D eigenvalue weighted by atomic mass is 10.1. The Morgan fingerprint density at radius 1 is 0.810 bits per heavy atom. The Bertz CT molecular complexity index is 221. The molecule has 0 spiro atoms. The van der Waals surface area contributed by atoms with Gasteiger partial charge in [0.15, 0.2) is 0 Å². The molecule has 0 unspecified atom stereocenters. The average molecular weight is 300 g/mol. The van der Waals surface area contributed by atoms with Crippen molar-refractivity contribution in [3.63, 3.8) is 0 Å². The van der Waals surface area contributed by atoms with Gasteiger partial charge < -0.3 is 10.2 Å². The lowest BCUT2D eigenvalue weighted by Gasteiger charge is -2.01. The molecule has 0 saturated heterocycles. The zero-order chi connectivity index (χ0) is 16.2. The number of rotatable bonds is 13. The molecule has 2 N–H and O–H groups in total. The number of carbonyl (C=O) groups is 1. The average Bonchev–Trinajstić information content (AvgIpc) is 2.43. The molecule has 0 saturated carbocycles. The van der Waals surface area contributed by atoms with E-state index in [9.17, 15) is 0 Å². The van der Waals surface area contributed by atoms with E-state index in [1.165, 1.54) is 70.6 Å². The van der Waals surface area contributed by atoms with Gasteiger partial charge in [0.25, 0.3) is 5.97 Å². The quantitative estimate of drug-likeness (QED) is 0.357. The summed E-state index contributed by atoms with van der Waals surface area (Å²) >= 11 is 0. The molecule has 0 aromatic rings. The van der Waals surface area contributed by atoms with Crippen LogP contribution in [-0.4, -0.2) is 22.8 Å². The minimum atomic E-state index is -0.833. The van der Waals surface area contributed by atoms with Gasteiger partial charge in [0.05, 0.1) is 0 Å². The molecule has 0 bridgehead atoms.